The molecule has 0 radical (unpaired) electrons. The van der Waals surface area contributed by atoms with Crippen molar-refractivity contribution < 1.29 is 0 Å². The van der Waals surface area contributed by atoms with Crippen molar-refractivity contribution in [2.75, 3.05) is 0 Å². The smallest absolute Gasteiger partial charge is 0.211 e. The van der Waals surface area contributed by atoms with Gasteiger partial charge in [0.2, 0.25) is 5.69 Å². The zero-order valence-corrected chi connectivity index (χ0v) is 26.7. The van der Waals surface area contributed by atoms with Gasteiger partial charge in [0.1, 0.15) is 0 Å². The summed E-state index contributed by atoms with van der Waals surface area (Å²) in [7, 11) is 0. The summed E-state index contributed by atoms with van der Waals surface area (Å²) < 4.78 is 4.38. The van der Waals surface area contributed by atoms with E-state index in [1.165, 1.54) is 0 Å². The van der Waals surface area contributed by atoms with Crippen LogP contribution in [-0.4, -0.2) is 9.13 Å². The molecule has 0 unspecified atom stereocenters. The van der Waals surface area contributed by atoms with E-state index in [1.54, 1.807) is 0 Å². The summed E-state index contributed by atoms with van der Waals surface area (Å²) in [6.07, 6.45) is 0. The van der Waals surface area contributed by atoms with E-state index < -0.39 is 0 Å². The first-order valence-corrected chi connectivity index (χ1v) is 16.3. The van der Waals surface area contributed by atoms with Gasteiger partial charge in [-0.05, 0) is 71.3 Å². The number of hydrogen-bond donors (Lipinski definition) is 0. The van der Waals surface area contributed by atoms with Crippen molar-refractivity contribution in [1.29, 1.82) is 10.5 Å². The summed E-state index contributed by atoms with van der Waals surface area (Å²) in [6.45, 7) is 8.18. The summed E-state index contributed by atoms with van der Waals surface area (Å²) in [5, 5.41) is 24.5. The van der Waals surface area contributed by atoms with Gasteiger partial charge in [-0.1, -0.05) is 97.1 Å². The van der Waals surface area contributed by atoms with Crippen molar-refractivity contribution in [2.24, 2.45) is 0 Å². The Morgan fingerprint density at radius 1 is 0.480 bits per heavy atom. The van der Waals surface area contributed by atoms with Crippen molar-refractivity contribution in [3.63, 3.8) is 0 Å². The molecule has 2 heterocycles. The van der Waals surface area contributed by atoms with Crippen molar-refractivity contribution in [3.05, 3.63) is 174 Å². The van der Waals surface area contributed by atoms with Gasteiger partial charge >= 0.3 is 0 Å². The van der Waals surface area contributed by atoms with Crippen LogP contribution in [0, 0.1) is 29.2 Å². The average molecular weight is 636 g/mol. The Morgan fingerprint density at radius 3 is 1.76 bits per heavy atom. The van der Waals surface area contributed by atoms with E-state index in [2.05, 4.69) is 86.8 Å². The highest BCUT2D eigenvalue weighted by Crippen LogP contribution is 2.42. The largest absolute Gasteiger partial charge is 0.318 e. The first-order chi connectivity index (χ1) is 24.7. The minimum Gasteiger partial charge on any atom is -0.318 e. The third-order valence-corrected chi connectivity index (χ3v) is 9.61. The lowest BCUT2D eigenvalue weighted by atomic mass is 9.93. The Kier molecular flexibility index (Phi) is 6.56. The molecule has 7 aromatic carbocycles. The number of benzene rings is 7. The first kappa shape index (κ1) is 28.8. The molecule has 0 atom stereocenters. The van der Waals surface area contributed by atoms with E-state index in [9.17, 15) is 10.5 Å². The fourth-order valence-electron chi connectivity index (χ4n) is 7.43. The summed E-state index contributed by atoms with van der Waals surface area (Å²) in [4.78, 5) is 4.00. The van der Waals surface area contributed by atoms with Crippen molar-refractivity contribution in [3.8, 4) is 45.8 Å². The monoisotopic (exact) mass is 635 g/mol. The van der Waals surface area contributed by atoms with Crippen LogP contribution in [0.3, 0.4) is 0 Å². The van der Waals surface area contributed by atoms with Gasteiger partial charge < -0.3 is 9.13 Å². The number of nitriles is 2. The Hall–Kier alpha value is -7.39. The van der Waals surface area contributed by atoms with Gasteiger partial charge in [-0.15, -0.1) is 0 Å². The van der Waals surface area contributed by atoms with Crippen LogP contribution in [-0.2, 0) is 0 Å². The molecule has 50 heavy (non-hydrogen) atoms. The SMILES string of the molecule is [C-]#[N+]c1cccc(-c2ccc(C#N)c(-c3cccc(-n4c5ccccc5c5ccc(C#N)cc54)c3)c2)c1-n1c2ccccc2c2ccccc21. The maximum Gasteiger partial charge on any atom is 0.211 e. The van der Waals surface area contributed by atoms with Gasteiger partial charge in [-0.3, -0.25) is 0 Å². The van der Waals surface area contributed by atoms with Gasteiger partial charge in [0.15, 0.2) is 0 Å². The Labute approximate surface area is 288 Å². The van der Waals surface area contributed by atoms with Crippen LogP contribution in [0.25, 0.3) is 82.1 Å². The molecule has 0 aliphatic heterocycles. The lowest BCUT2D eigenvalue weighted by Gasteiger charge is -2.17. The second kappa shape index (κ2) is 11.4. The minimum absolute atomic E-state index is 0.546. The fraction of sp³-hybridized carbons (Fsp3) is 0. The van der Waals surface area contributed by atoms with Crippen LogP contribution >= 0.6 is 0 Å². The molecule has 0 fully saturated rings. The van der Waals surface area contributed by atoms with E-state index in [0.717, 1.165) is 77.2 Å². The number of hydrogen-bond acceptors (Lipinski definition) is 2. The molecule has 0 saturated carbocycles. The van der Waals surface area contributed by atoms with E-state index in [0.29, 0.717) is 16.8 Å². The number of aromatic nitrogens is 2. The van der Waals surface area contributed by atoms with Crippen LogP contribution in [0.5, 0.6) is 0 Å². The van der Waals surface area contributed by atoms with Gasteiger partial charge in [0.05, 0.1) is 57.6 Å². The van der Waals surface area contributed by atoms with Crippen molar-refractivity contribution in [1.82, 2.24) is 9.13 Å². The standard InChI is InChI=1S/C45H25N5/c1-48-40-16-9-15-34(45(40)50-42-18-6-3-12-35(42)36-13-4-7-19-43(36)50)31-21-22-32(28-47)39(26-31)30-10-8-11-33(25-30)49-41-17-5-2-14-37(41)38-23-20-29(27-46)24-44(38)49/h2-26H. The summed E-state index contributed by atoms with van der Waals surface area (Å²) >= 11 is 0. The average Bonchev–Trinajstić information content (AvgIpc) is 3.69. The summed E-state index contributed by atoms with van der Waals surface area (Å²) in [6, 6.07) is 55.3. The fourth-order valence-corrected chi connectivity index (χ4v) is 7.43. The number of para-hydroxylation sites is 4. The molecular formula is C45H25N5. The lowest BCUT2D eigenvalue weighted by Crippen LogP contribution is -1.98. The zero-order valence-electron chi connectivity index (χ0n) is 26.7. The Balaban J connectivity index is 1.27. The van der Waals surface area contributed by atoms with Crippen LogP contribution < -0.4 is 0 Å². The van der Waals surface area contributed by atoms with Crippen LogP contribution in [0.4, 0.5) is 5.69 Å². The van der Waals surface area contributed by atoms with Gasteiger partial charge in [0, 0.05) is 32.8 Å². The first-order valence-electron chi connectivity index (χ1n) is 16.3. The molecule has 0 amide bonds. The second-order valence-electron chi connectivity index (χ2n) is 12.3. The summed E-state index contributed by atoms with van der Waals surface area (Å²) in [5.74, 6) is 0. The third-order valence-electron chi connectivity index (χ3n) is 9.61. The van der Waals surface area contributed by atoms with Crippen LogP contribution in [0.2, 0.25) is 0 Å². The third kappa shape index (κ3) is 4.31. The van der Waals surface area contributed by atoms with E-state index >= 15 is 0 Å². The lowest BCUT2D eigenvalue weighted by molar-refractivity contribution is 1.18. The molecule has 9 rings (SSSR count). The van der Waals surface area contributed by atoms with E-state index in [-0.39, 0.29) is 0 Å². The molecule has 2 aromatic heterocycles. The van der Waals surface area contributed by atoms with Gasteiger partial charge in [0.25, 0.3) is 0 Å². The minimum atomic E-state index is 0.546. The molecular weight excluding hydrogens is 611 g/mol. The maximum atomic E-state index is 10.3. The van der Waals surface area contributed by atoms with Crippen molar-refractivity contribution in [2.45, 2.75) is 0 Å². The molecule has 5 heteroatoms. The molecule has 0 spiro atoms. The van der Waals surface area contributed by atoms with Crippen LogP contribution in [0.15, 0.2) is 152 Å². The molecule has 9 aromatic rings. The second-order valence-corrected chi connectivity index (χ2v) is 12.3. The Bertz CT molecular complexity index is 2920. The molecule has 230 valence electrons. The normalized spacial score (nSPS) is 11.1. The predicted molar refractivity (Wildman–Crippen MR) is 202 cm³/mol. The molecule has 0 aliphatic rings. The van der Waals surface area contributed by atoms with E-state index in [4.69, 9.17) is 6.57 Å². The summed E-state index contributed by atoms with van der Waals surface area (Å²) in [5.41, 5.74) is 11.0. The molecule has 0 bridgehead atoms. The number of fused-ring (bicyclic) bond motifs is 6. The highest BCUT2D eigenvalue weighted by Gasteiger charge is 2.20. The quantitative estimate of drug-likeness (QED) is 0.181. The highest BCUT2D eigenvalue weighted by atomic mass is 15.0. The van der Waals surface area contributed by atoms with Crippen molar-refractivity contribution >= 4 is 49.3 Å². The maximum absolute atomic E-state index is 10.3. The van der Waals surface area contributed by atoms with Gasteiger partial charge in [-0.25, -0.2) is 4.85 Å². The highest BCUT2D eigenvalue weighted by molar-refractivity contribution is 6.11. The number of nitrogens with zero attached hydrogens (tertiary/aromatic N) is 5. The predicted octanol–water partition coefficient (Wildman–Crippen LogP) is 11.5. The Morgan fingerprint density at radius 2 is 1.10 bits per heavy atom. The molecule has 0 saturated heterocycles. The topological polar surface area (TPSA) is 61.8 Å². The van der Waals surface area contributed by atoms with Gasteiger partial charge in [-0.2, -0.15) is 10.5 Å². The molecule has 5 nitrogen and oxygen atoms in total. The van der Waals surface area contributed by atoms with E-state index in [1.807, 2.05) is 91.0 Å². The molecule has 0 N–H and O–H groups in total. The number of rotatable bonds is 4. The molecule has 0 aliphatic carbocycles. The zero-order chi connectivity index (χ0) is 33.8. The van der Waals surface area contributed by atoms with Crippen LogP contribution in [0.1, 0.15) is 11.1 Å².